The summed E-state index contributed by atoms with van der Waals surface area (Å²) in [6, 6.07) is 13.7. The number of anilines is 1. The molecule has 8 heteroatoms. The SMILES string of the molecule is Cc1cc(N2C(=O)C(=O)C(=C(O)c3ccc(Cl)cc3)[C@H]2c2cccc(Cl)c2)no1. The molecule has 2 heterocycles. The van der Waals surface area contributed by atoms with Crippen molar-refractivity contribution in [3.8, 4) is 0 Å². The van der Waals surface area contributed by atoms with E-state index in [9.17, 15) is 14.7 Å². The number of nitrogens with zero attached hydrogens (tertiary/aromatic N) is 2. The Kier molecular flexibility index (Phi) is 4.90. The zero-order chi connectivity index (χ0) is 20.7. The van der Waals surface area contributed by atoms with Crippen LogP contribution in [0.1, 0.15) is 22.9 Å². The molecule has 1 N–H and O–H groups in total. The van der Waals surface area contributed by atoms with Crippen molar-refractivity contribution in [1.29, 1.82) is 0 Å². The number of aryl methyl sites for hydroxylation is 1. The molecule has 29 heavy (non-hydrogen) atoms. The largest absolute Gasteiger partial charge is 0.507 e. The average molecular weight is 429 g/mol. The maximum Gasteiger partial charge on any atom is 0.301 e. The number of Topliss-reactive ketones (excluding diaryl/α,β-unsaturated/α-hetero) is 1. The first kappa shape index (κ1) is 19.2. The zero-order valence-corrected chi connectivity index (χ0v) is 16.6. The van der Waals surface area contributed by atoms with E-state index >= 15 is 0 Å². The maximum absolute atomic E-state index is 12.9. The second-order valence-electron chi connectivity index (χ2n) is 6.53. The van der Waals surface area contributed by atoms with Gasteiger partial charge in [-0.25, -0.2) is 0 Å². The quantitative estimate of drug-likeness (QED) is 0.363. The highest BCUT2D eigenvalue weighted by atomic mass is 35.5. The molecule has 1 fully saturated rings. The van der Waals surface area contributed by atoms with Crippen LogP contribution in [0, 0.1) is 6.92 Å². The first-order valence-corrected chi connectivity index (χ1v) is 9.38. The van der Waals surface area contributed by atoms with Gasteiger partial charge in [-0.3, -0.25) is 14.5 Å². The van der Waals surface area contributed by atoms with Crippen molar-refractivity contribution in [3.05, 3.63) is 87.1 Å². The van der Waals surface area contributed by atoms with Crippen LogP contribution in [0.5, 0.6) is 0 Å². The molecule has 4 rings (SSSR count). The van der Waals surface area contributed by atoms with Gasteiger partial charge in [-0.05, 0) is 48.9 Å². The lowest BCUT2D eigenvalue weighted by atomic mass is 9.95. The van der Waals surface area contributed by atoms with Gasteiger partial charge in [0.25, 0.3) is 5.78 Å². The summed E-state index contributed by atoms with van der Waals surface area (Å²) >= 11 is 12.1. The number of ketones is 1. The lowest BCUT2D eigenvalue weighted by Crippen LogP contribution is -2.29. The molecule has 1 amide bonds. The molecular formula is C21H14Cl2N2O4. The molecule has 6 nitrogen and oxygen atoms in total. The Morgan fingerprint density at radius 1 is 1.07 bits per heavy atom. The van der Waals surface area contributed by atoms with Crippen molar-refractivity contribution < 1.29 is 19.2 Å². The van der Waals surface area contributed by atoms with E-state index in [0.717, 1.165) is 0 Å². The normalized spacial score (nSPS) is 18.4. The van der Waals surface area contributed by atoms with Crippen molar-refractivity contribution >= 4 is 46.5 Å². The smallest absolute Gasteiger partial charge is 0.301 e. The zero-order valence-electron chi connectivity index (χ0n) is 15.1. The van der Waals surface area contributed by atoms with Crippen molar-refractivity contribution in [3.63, 3.8) is 0 Å². The highest BCUT2D eigenvalue weighted by Gasteiger charge is 2.48. The predicted molar refractivity (Wildman–Crippen MR) is 109 cm³/mol. The summed E-state index contributed by atoms with van der Waals surface area (Å²) in [5.74, 6) is -1.32. The third-order valence-electron chi connectivity index (χ3n) is 4.59. The number of benzene rings is 2. The number of hydrogen-bond acceptors (Lipinski definition) is 5. The number of aliphatic hydroxyl groups is 1. The third-order valence-corrected chi connectivity index (χ3v) is 5.08. The van der Waals surface area contributed by atoms with Crippen LogP contribution in [0.4, 0.5) is 5.82 Å². The molecule has 0 saturated carbocycles. The Hall–Kier alpha value is -3.09. The van der Waals surface area contributed by atoms with Crippen LogP contribution in [0.2, 0.25) is 10.0 Å². The lowest BCUT2D eigenvalue weighted by molar-refractivity contribution is -0.132. The summed E-state index contributed by atoms with van der Waals surface area (Å²) in [6.07, 6.45) is 0. The molecule has 1 saturated heterocycles. The minimum atomic E-state index is -0.922. The number of halogens is 2. The molecule has 2 aromatic carbocycles. The topological polar surface area (TPSA) is 83.6 Å². The number of aromatic nitrogens is 1. The van der Waals surface area contributed by atoms with Gasteiger partial charge in [0.2, 0.25) is 0 Å². The van der Waals surface area contributed by atoms with Gasteiger partial charge in [0.15, 0.2) is 5.82 Å². The Bertz CT molecular complexity index is 1150. The first-order chi connectivity index (χ1) is 13.9. The monoisotopic (exact) mass is 428 g/mol. The molecule has 0 spiro atoms. The van der Waals surface area contributed by atoms with Crippen LogP contribution in [0.25, 0.3) is 5.76 Å². The molecule has 1 atom stereocenters. The van der Waals surface area contributed by atoms with E-state index in [2.05, 4.69) is 5.16 Å². The van der Waals surface area contributed by atoms with Gasteiger partial charge in [-0.2, -0.15) is 0 Å². The van der Waals surface area contributed by atoms with Gasteiger partial charge in [0.1, 0.15) is 11.5 Å². The van der Waals surface area contributed by atoms with Gasteiger partial charge in [0, 0.05) is 21.7 Å². The highest BCUT2D eigenvalue weighted by molar-refractivity contribution is 6.51. The van der Waals surface area contributed by atoms with Crippen LogP contribution >= 0.6 is 23.2 Å². The van der Waals surface area contributed by atoms with Gasteiger partial charge in [0.05, 0.1) is 11.6 Å². The molecule has 1 aliphatic rings. The fraction of sp³-hybridized carbons (Fsp3) is 0.0952. The number of amides is 1. The van der Waals surface area contributed by atoms with Crippen molar-refractivity contribution in [2.24, 2.45) is 0 Å². The molecule has 3 aromatic rings. The van der Waals surface area contributed by atoms with Gasteiger partial charge >= 0.3 is 5.91 Å². The van der Waals surface area contributed by atoms with E-state index in [0.29, 0.717) is 26.9 Å². The molecule has 0 bridgehead atoms. The number of rotatable bonds is 3. The maximum atomic E-state index is 12.9. The second-order valence-corrected chi connectivity index (χ2v) is 7.40. The Labute approximate surface area is 175 Å². The summed E-state index contributed by atoms with van der Waals surface area (Å²) in [5, 5.41) is 15.7. The summed E-state index contributed by atoms with van der Waals surface area (Å²) in [5.41, 5.74) is 0.837. The minimum absolute atomic E-state index is 0.0692. The van der Waals surface area contributed by atoms with E-state index in [-0.39, 0.29) is 17.2 Å². The standard InChI is InChI=1S/C21H14Cl2N2O4/c1-11-9-16(24-29-11)25-18(13-3-2-4-15(23)10-13)17(20(27)21(25)28)19(26)12-5-7-14(22)8-6-12/h2-10,18,26H,1H3/t18-/m1/s1. The van der Waals surface area contributed by atoms with Crippen LogP contribution in [-0.2, 0) is 9.59 Å². The Balaban J connectivity index is 1.95. The lowest BCUT2D eigenvalue weighted by Gasteiger charge is -2.23. The van der Waals surface area contributed by atoms with Crippen LogP contribution in [0.15, 0.2) is 64.7 Å². The molecule has 0 radical (unpaired) electrons. The summed E-state index contributed by atoms with van der Waals surface area (Å²) in [6.45, 7) is 1.68. The van der Waals surface area contributed by atoms with E-state index in [1.165, 1.54) is 4.90 Å². The summed E-state index contributed by atoms with van der Waals surface area (Å²) < 4.78 is 5.09. The van der Waals surface area contributed by atoms with Crippen molar-refractivity contribution in [1.82, 2.24) is 5.16 Å². The van der Waals surface area contributed by atoms with Crippen LogP contribution < -0.4 is 4.90 Å². The molecule has 0 unspecified atom stereocenters. The second kappa shape index (κ2) is 7.39. The molecule has 1 aliphatic heterocycles. The predicted octanol–water partition coefficient (Wildman–Crippen LogP) is 4.92. The fourth-order valence-electron chi connectivity index (χ4n) is 3.29. The Morgan fingerprint density at radius 3 is 2.41 bits per heavy atom. The average Bonchev–Trinajstić information content (AvgIpc) is 3.23. The number of carbonyl (C=O) groups is 2. The third kappa shape index (κ3) is 3.41. The molecule has 0 aliphatic carbocycles. The van der Waals surface area contributed by atoms with E-state index in [1.54, 1.807) is 61.5 Å². The summed E-state index contributed by atoms with van der Waals surface area (Å²) in [7, 11) is 0. The van der Waals surface area contributed by atoms with Crippen molar-refractivity contribution in [2.75, 3.05) is 4.90 Å². The van der Waals surface area contributed by atoms with Crippen LogP contribution in [0.3, 0.4) is 0 Å². The Morgan fingerprint density at radius 2 is 1.79 bits per heavy atom. The van der Waals surface area contributed by atoms with Gasteiger partial charge < -0.3 is 9.63 Å². The van der Waals surface area contributed by atoms with E-state index < -0.39 is 17.7 Å². The molecule has 1 aromatic heterocycles. The number of aliphatic hydroxyl groups excluding tert-OH is 1. The summed E-state index contributed by atoms with van der Waals surface area (Å²) in [4.78, 5) is 27.0. The van der Waals surface area contributed by atoms with Crippen molar-refractivity contribution in [2.45, 2.75) is 13.0 Å². The van der Waals surface area contributed by atoms with E-state index in [1.807, 2.05) is 0 Å². The number of hydrogen-bond donors (Lipinski definition) is 1. The van der Waals surface area contributed by atoms with E-state index in [4.69, 9.17) is 27.7 Å². The molecular weight excluding hydrogens is 415 g/mol. The highest BCUT2D eigenvalue weighted by Crippen LogP contribution is 2.42. The first-order valence-electron chi connectivity index (χ1n) is 8.62. The minimum Gasteiger partial charge on any atom is -0.507 e. The number of carbonyl (C=O) groups excluding carboxylic acids is 2. The van der Waals surface area contributed by atoms with Crippen LogP contribution in [-0.4, -0.2) is 22.0 Å². The molecule has 146 valence electrons. The van der Waals surface area contributed by atoms with Gasteiger partial charge in [-0.15, -0.1) is 0 Å². The van der Waals surface area contributed by atoms with Gasteiger partial charge in [-0.1, -0.05) is 40.5 Å². The fourth-order valence-corrected chi connectivity index (χ4v) is 3.62.